The first-order valence-electron chi connectivity index (χ1n) is 2.23. The number of rotatable bonds is 0. The number of primary amides is 1. The van der Waals surface area contributed by atoms with Crippen LogP contribution in [-0.2, 0) is 0 Å². The van der Waals surface area contributed by atoms with E-state index in [1.165, 1.54) is 4.57 Å². The number of carbonyl (C=O) groups is 1. The van der Waals surface area contributed by atoms with E-state index in [1.54, 1.807) is 24.5 Å². The first kappa shape index (κ1) is 8.35. The summed E-state index contributed by atoms with van der Waals surface area (Å²) in [4.78, 5) is 10.2. The van der Waals surface area contributed by atoms with E-state index in [1.807, 2.05) is 0 Å². The second kappa shape index (κ2) is 3.39. The maximum atomic E-state index is 10.2. The van der Waals surface area contributed by atoms with Gasteiger partial charge in [-0.25, -0.2) is 4.79 Å². The summed E-state index contributed by atoms with van der Waals surface area (Å²) in [5.41, 5.74) is 4.88. The van der Waals surface area contributed by atoms with E-state index in [0.717, 1.165) is 0 Å². The fourth-order valence-corrected chi connectivity index (χ4v) is 0.481. The van der Waals surface area contributed by atoms with Crippen LogP contribution in [0.1, 0.15) is 1.43 Å². The van der Waals surface area contributed by atoms with Crippen molar-refractivity contribution in [1.29, 1.82) is 0 Å². The Morgan fingerprint density at radius 3 is 2.11 bits per heavy atom. The molecule has 4 heteroatoms. The summed E-state index contributed by atoms with van der Waals surface area (Å²) in [6.07, 6.45) is 3.20. The smallest absolute Gasteiger partial charge is 1.00 e. The molecule has 0 radical (unpaired) electrons. The molecule has 1 rings (SSSR count). The molecule has 0 aliphatic carbocycles. The van der Waals surface area contributed by atoms with Crippen LogP contribution < -0.4 is 24.6 Å². The number of aromatic nitrogens is 1. The minimum Gasteiger partial charge on any atom is -1.00 e. The summed E-state index contributed by atoms with van der Waals surface area (Å²) >= 11 is 0. The van der Waals surface area contributed by atoms with Gasteiger partial charge in [0.1, 0.15) is 0 Å². The second-order valence-corrected chi connectivity index (χ2v) is 1.43. The van der Waals surface area contributed by atoms with E-state index in [9.17, 15) is 4.79 Å². The maximum Gasteiger partial charge on any atom is 1.00 e. The minimum absolute atomic E-state index is 0. The van der Waals surface area contributed by atoms with E-state index < -0.39 is 6.03 Å². The third-order valence-electron chi connectivity index (χ3n) is 0.859. The Bertz CT molecular complexity index is 188. The van der Waals surface area contributed by atoms with Crippen molar-refractivity contribution in [3.8, 4) is 0 Å². The molecule has 0 aliphatic heterocycles. The number of nitrogens with two attached hydrogens (primary N) is 1. The average Bonchev–Trinajstić information content (AvgIpc) is 2.12. The number of hydrogen-bond donors (Lipinski definition) is 1. The molecule has 2 N–H and O–H groups in total. The number of hydrogen-bond acceptors (Lipinski definition) is 1. The van der Waals surface area contributed by atoms with Crippen molar-refractivity contribution in [2.45, 2.75) is 0 Å². The van der Waals surface area contributed by atoms with Crippen LogP contribution >= 0.6 is 0 Å². The summed E-state index contributed by atoms with van der Waals surface area (Å²) < 4.78 is 1.31. The molecule has 1 aromatic rings. The van der Waals surface area contributed by atoms with Crippen LogP contribution in [0.25, 0.3) is 0 Å². The predicted molar refractivity (Wildman–Crippen MR) is 30.5 cm³/mol. The van der Waals surface area contributed by atoms with Gasteiger partial charge in [0.2, 0.25) is 0 Å². The molecule has 0 aromatic carbocycles. The van der Waals surface area contributed by atoms with E-state index in [2.05, 4.69) is 0 Å². The molecule has 0 saturated heterocycles. The Morgan fingerprint density at radius 1 is 1.44 bits per heavy atom. The van der Waals surface area contributed by atoms with Crippen LogP contribution in [0.5, 0.6) is 0 Å². The number of amides is 1. The van der Waals surface area contributed by atoms with Crippen molar-refractivity contribution in [2.24, 2.45) is 5.73 Å². The summed E-state index contributed by atoms with van der Waals surface area (Å²) in [5.74, 6) is 0. The molecule has 9 heavy (non-hydrogen) atoms. The summed E-state index contributed by atoms with van der Waals surface area (Å²) in [7, 11) is 0. The summed E-state index contributed by atoms with van der Waals surface area (Å²) in [6, 6.07) is 3.03. The van der Waals surface area contributed by atoms with Crippen molar-refractivity contribution in [3.63, 3.8) is 0 Å². The molecular weight excluding hydrogens is 111 g/mol. The fraction of sp³-hybridized carbons (Fsp3) is 0. The third kappa shape index (κ3) is 1.96. The molecule has 1 amide bonds. The Morgan fingerprint density at radius 2 is 1.89 bits per heavy atom. The van der Waals surface area contributed by atoms with Gasteiger partial charge < -0.3 is 7.16 Å². The van der Waals surface area contributed by atoms with E-state index in [0.29, 0.717) is 0 Å². The van der Waals surface area contributed by atoms with E-state index >= 15 is 0 Å². The van der Waals surface area contributed by atoms with Gasteiger partial charge in [0.25, 0.3) is 0 Å². The van der Waals surface area contributed by atoms with Crippen LogP contribution in [0.3, 0.4) is 0 Å². The standard InChI is InChI=1S/C5H6N2O.Li.H/c6-5(8)7-3-1-2-4-7;;/h1-4H,(H2,6,8);;/q;+1;-1. The molecule has 0 atom stereocenters. The molecule has 0 fully saturated rings. The molecule has 0 unspecified atom stereocenters. The van der Waals surface area contributed by atoms with Crippen LogP contribution in [0.4, 0.5) is 4.79 Å². The summed E-state index contributed by atoms with van der Waals surface area (Å²) in [6.45, 7) is 0. The van der Waals surface area contributed by atoms with Crippen LogP contribution in [0.2, 0.25) is 0 Å². The van der Waals surface area contributed by atoms with Gasteiger partial charge in [-0.1, -0.05) is 0 Å². The average molecular weight is 118 g/mol. The maximum absolute atomic E-state index is 10.2. The van der Waals surface area contributed by atoms with Gasteiger partial charge in [0.05, 0.1) is 0 Å². The normalized spacial score (nSPS) is 8.00. The monoisotopic (exact) mass is 118 g/mol. The van der Waals surface area contributed by atoms with Crippen molar-refractivity contribution in [1.82, 2.24) is 4.57 Å². The van der Waals surface area contributed by atoms with Crippen molar-refractivity contribution in [2.75, 3.05) is 0 Å². The zero-order valence-electron chi connectivity index (χ0n) is 6.24. The van der Waals surface area contributed by atoms with Crippen molar-refractivity contribution >= 4 is 6.03 Å². The molecule has 3 nitrogen and oxygen atoms in total. The zero-order chi connectivity index (χ0) is 5.98. The molecule has 1 heterocycles. The quantitative estimate of drug-likeness (QED) is 0.377. The van der Waals surface area contributed by atoms with Gasteiger partial charge in [-0.3, -0.25) is 4.57 Å². The molecule has 44 valence electrons. The van der Waals surface area contributed by atoms with Gasteiger partial charge in [0, 0.05) is 12.4 Å². The summed E-state index contributed by atoms with van der Waals surface area (Å²) in [5, 5.41) is 0. The Hall–Kier alpha value is -0.653. The molecular formula is C5H7LiN2O. The number of nitrogens with zero attached hydrogens (tertiary/aromatic N) is 1. The van der Waals surface area contributed by atoms with E-state index in [4.69, 9.17) is 5.73 Å². The van der Waals surface area contributed by atoms with Gasteiger partial charge in [-0.2, -0.15) is 0 Å². The first-order valence-corrected chi connectivity index (χ1v) is 2.23. The van der Waals surface area contributed by atoms with Crippen LogP contribution in [0, 0.1) is 0 Å². The van der Waals surface area contributed by atoms with E-state index in [-0.39, 0.29) is 20.3 Å². The molecule has 0 bridgehead atoms. The van der Waals surface area contributed by atoms with Crippen LogP contribution in [-0.4, -0.2) is 10.6 Å². The fourth-order valence-electron chi connectivity index (χ4n) is 0.481. The molecule has 0 aliphatic rings. The second-order valence-electron chi connectivity index (χ2n) is 1.43. The Balaban J connectivity index is 0. The zero-order valence-corrected chi connectivity index (χ0v) is 5.24. The predicted octanol–water partition coefficient (Wildman–Crippen LogP) is -2.47. The van der Waals surface area contributed by atoms with Gasteiger partial charge in [0.15, 0.2) is 0 Å². The van der Waals surface area contributed by atoms with Gasteiger partial charge >= 0.3 is 24.9 Å². The third-order valence-corrected chi connectivity index (χ3v) is 0.859. The largest absolute Gasteiger partial charge is 1.00 e. The van der Waals surface area contributed by atoms with Crippen LogP contribution in [0.15, 0.2) is 24.5 Å². The minimum atomic E-state index is -0.449. The van der Waals surface area contributed by atoms with Crippen molar-refractivity contribution < 1.29 is 25.1 Å². The SMILES string of the molecule is NC(=O)n1cccc1.[H-].[Li+]. The Kier molecular flexibility index (Phi) is 3.14. The topological polar surface area (TPSA) is 48.0 Å². The van der Waals surface area contributed by atoms with Crippen molar-refractivity contribution in [3.05, 3.63) is 24.5 Å². The van der Waals surface area contributed by atoms with Gasteiger partial charge in [-0.15, -0.1) is 0 Å². The Labute approximate surface area is 66.5 Å². The molecule has 1 aromatic heterocycles. The molecule has 0 spiro atoms. The number of carbonyl (C=O) groups excluding carboxylic acids is 1. The first-order chi connectivity index (χ1) is 3.80. The van der Waals surface area contributed by atoms with Gasteiger partial charge in [-0.05, 0) is 12.1 Å². The molecule has 0 saturated carbocycles.